The maximum Gasteiger partial charge on any atom is 0.261 e. The van der Waals surface area contributed by atoms with Crippen LogP contribution in [0.15, 0.2) is 42.5 Å². The number of aliphatic hydroxyl groups is 1. The number of hydrogen-bond donors (Lipinski definition) is 1. The Morgan fingerprint density at radius 3 is 2.82 bits per heavy atom. The monoisotopic (exact) mass is 301 g/mol. The van der Waals surface area contributed by atoms with Crippen LogP contribution < -0.4 is 9.64 Å². The van der Waals surface area contributed by atoms with Crippen molar-refractivity contribution in [1.82, 2.24) is 0 Å². The second kappa shape index (κ2) is 5.77. The van der Waals surface area contributed by atoms with E-state index < -0.39 is 17.8 Å². The lowest BCUT2D eigenvalue weighted by atomic mass is 9.97. The lowest BCUT2D eigenvalue weighted by molar-refractivity contribution is 0.0966. The minimum absolute atomic E-state index is 0.0210. The van der Waals surface area contributed by atoms with Gasteiger partial charge >= 0.3 is 0 Å². The molecule has 1 amide bonds. The molecule has 5 heteroatoms. The third kappa shape index (κ3) is 2.44. The maximum absolute atomic E-state index is 13.9. The third-order valence-electron chi connectivity index (χ3n) is 3.86. The summed E-state index contributed by atoms with van der Waals surface area (Å²) in [6, 6.07) is 11.1. The van der Waals surface area contributed by atoms with E-state index in [1.165, 1.54) is 24.1 Å². The lowest BCUT2D eigenvalue weighted by Crippen LogP contribution is -2.37. The number of anilines is 1. The van der Waals surface area contributed by atoms with Crippen molar-refractivity contribution in [2.24, 2.45) is 0 Å². The molecule has 2 aromatic carbocycles. The van der Waals surface area contributed by atoms with Crippen LogP contribution in [0.1, 0.15) is 28.4 Å². The summed E-state index contributed by atoms with van der Waals surface area (Å²) < 4.78 is 19.1. The normalized spacial score (nSPS) is 17.0. The van der Waals surface area contributed by atoms with E-state index in [4.69, 9.17) is 4.74 Å². The van der Waals surface area contributed by atoms with Gasteiger partial charge < -0.3 is 14.7 Å². The first-order valence-corrected chi connectivity index (χ1v) is 7.04. The number of nitrogens with zero attached hydrogens (tertiary/aromatic N) is 1. The summed E-state index contributed by atoms with van der Waals surface area (Å²) in [5.74, 6) is -0.387. The maximum atomic E-state index is 13.9. The highest BCUT2D eigenvalue weighted by Crippen LogP contribution is 2.37. The van der Waals surface area contributed by atoms with Gasteiger partial charge in [-0.2, -0.15) is 0 Å². The fourth-order valence-corrected chi connectivity index (χ4v) is 2.68. The molecule has 0 bridgehead atoms. The molecule has 2 aromatic rings. The standard InChI is InChI=1S/C17H16FNO3/c1-22-11-6-7-13-15(10-11)19(9-8-16(13)20)17(21)12-4-2-3-5-14(12)18/h2-7,10,16,20H,8-9H2,1H3. The number of methoxy groups -OCH3 is 1. The van der Waals surface area contributed by atoms with Crippen LogP contribution in [-0.4, -0.2) is 24.7 Å². The summed E-state index contributed by atoms with van der Waals surface area (Å²) in [7, 11) is 1.53. The fraction of sp³-hybridized carbons (Fsp3) is 0.235. The molecule has 1 N–H and O–H groups in total. The Labute approximate surface area is 127 Å². The van der Waals surface area contributed by atoms with Gasteiger partial charge in [-0.1, -0.05) is 18.2 Å². The van der Waals surface area contributed by atoms with Crippen molar-refractivity contribution in [3.05, 3.63) is 59.4 Å². The molecule has 22 heavy (non-hydrogen) atoms. The smallest absolute Gasteiger partial charge is 0.261 e. The van der Waals surface area contributed by atoms with Crippen LogP contribution >= 0.6 is 0 Å². The van der Waals surface area contributed by atoms with Gasteiger partial charge in [-0.05, 0) is 24.6 Å². The van der Waals surface area contributed by atoms with Gasteiger partial charge in [0.15, 0.2) is 0 Å². The summed E-state index contributed by atoms with van der Waals surface area (Å²) in [4.78, 5) is 14.1. The molecule has 0 spiro atoms. The average Bonchev–Trinajstić information content (AvgIpc) is 2.54. The molecule has 1 aliphatic heterocycles. The van der Waals surface area contributed by atoms with Crippen molar-refractivity contribution < 1.29 is 19.0 Å². The van der Waals surface area contributed by atoms with E-state index in [-0.39, 0.29) is 5.56 Å². The van der Waals surface area contributed by atoms with Gasteiger partial charge in [0, 0.05) is 18.2 Å². The minimum atomic E-state index is -0.634. The molecule has 1 heterocycles. The van der Waals surface area contributed by atoms with Crippen LogP contribution in [0.5, 0.6) is 5.75 Å². The average molecular weight is 301 g/mol. The highest BCUT2D eigenvalue weighted by Gasteiger charge is 2.29. The topological polar surface area (TPSA) is 49.8 Å². The number of benzene rings is 2. The van der Waals surface area contributed by atoms with Gasteiger partial charge in [0.25, 0.3) is 5.91 Å². The van der Waals surface area contributed by atoms with E-state index in [9.17, 15) is 14.3 Å². The highest BCUT2D eigenvalue weighted by atomic mass is 19.1. The molecule has 0 aromatic heterocycles. The highest BCUT2D eigenvalue weighted by molar-refractivity contribution is 6.07. The second-order valence-electron chi connectivity index (χ2n) is 5.17. The number of carbonyl (C=O) groups is 1. The Morgan fingerprint density at radius 2 is 2.09 bits per heavy atom. The van der Waals surface area contributed by atoms with Crippen LogP contribution in [0.25, 0.3) is 0 Å². The number of fused-ring (bicyclic) bond motifs is 1. The van der Waals surface area contributed by atoms with Crippen LogP contribution in [0.2, 0.25) is 0 Å². The predicted molar refractivity (Wildman–Crippen MR) is 80.6 cm³/mol. The van der Waals surface area contributed by atoms with E-state index in [2.05, 4.69) is 0 Å². The quantitative estimate of drug-likeness (QED) is 0.928. The molecule has 114 valence electrons. The van der Waals surface area contributed by atoms with Crippen molar-refractivity contribution in [2.45, 2.75) is 12.5 Å². The molecule has 1 aliphatic rings. The van der Waals surface area contributed by atoms with Crippen molar-refractivity contribution >= 4 is 11.6 Å². The van der Waals surface area contributed by atoms with E-state index >= 15 is 0 Å². The molecule has 4 nitrogen and oxygen atoms in total. The molecular weight excluding hydrogens is 285 g/mol. The molecule has 0 fully saturated rings. The van der Waals surface area contributed by atoms with Crippen LogP contribution in [0.4, 0.5) is 10.1 Å². The van der Waals surface area contributed by atoms with E-state index in [1.54, 1.807) is 30.3 Å². The Balaban J connectivity index is 2.05. The van der Waals surface area contributed by atoms with Crippen LogP contribution in [-0.2, 0) is 0 Å². The first kappa shape index (κ1) is 14.5. The molecule has 1 unspecified atom stereocenters. The summed E-state index contributed by atoms with van der Waals surface area (Å²) in [6.45, 7) is 0.328. The van der Waals surface area contributed by atoms with Gasteiger partial charge in [0.1, 0.15) is 11.6 Å². The van der Waals surface area contributed by atoms with E-state index in [1.807, 2.05) is 0 Å². The largest absolute Gasteiger partial charge is 0.497 e. The Morgan fingerprint density at radius 1 is 1.32 bits per heavy atom. The second-order valence-corrected chi connectivity index (χ2v) is 5.17. The third-order valence-corrected chi connectivity index (χ3v) is 3.86. The zero-order chi connectivity index (χ0) is 15.7. The SMILES string of the molecule is COc1ccc2c(c1)N(C(=O)c1ccccc1F)CCC2O. The number of carbonyl (C=O) groups excluding carboxylic acids is 1. The molecule has 1 atom stereocenters. The summed E-state index contributed by atoms with van der Waals surface area (Å²) in [5, 5.41) is 10.1. The van der Waals surface area contributed by atoms with E-state index in [0.717, 1.165) is 0 Å². The lowest BCUT2D eigenvalue weighted by Gasteiger charge is -2.32. The molecular formula is C17H16FNO3. The Hall–Kier alpha value is -2.40. The number of hydrogen-bond acceptors (Lipinski definition) is 3. The molecule has 0 saturated carbocycles. The van der Waals surface area contributed by atoms with Gasteiger partial charge in [0.2, 0.25) is 0 Å². The van der Waals surface area contributed by atoms with Crippen molar-refractivity contribution in [3.8, 4) is 5.75 Å². The first-order chi connectivity index (χ1) is 10.6. The molecule has 3 rings (SSSR count). The van der Waals surface area contributed by atoms with Crippen LogP contribution in [0.3, 0.4) is 0 Å². The van der Waals surface area contributed by atoms with Gasteiger partial charge in [-0.3, -0.25) is 4.79 Å². The Kier molecular flexibility index (Phi) is 3.81. The van der Waals surface area contributed by atoms with Gasteiger partial charge in [-0.25, -0.2) is 4.39 Å². The van der Waals surface area contributed by atoms with Gasteiger partial charge in [-0.15, -0.1) is 0 Å². The molecule has 0 aliphatic carbocycles. The van der Waals surface area contributed by atoms with Crippen molar-refractivity contribution in [3.63, 3.8) is 0 Å². The number of amides is 1. The van der Waals surface area contributed by atoms with Crippen LogP contribution in [0, 0.1) is 5.82 Å². The number of halogens is 1. The fourth-order valence-electron chi connectivity index (χ4n) is 2.68. The summed E-state index contributed by atoms with van der Waals surface area (Å²) >= 11 is 0. The van der Waals surface area contributed by atoms with Crippen molar-refractivity contribution in [2.75, 3.05) is 18.6 Å². The molecule has 0 saturated heterocycles. The molecule has 0 radical (unpaired) electrons. The summed E-state index contributed by atoms with van der Waals surface area (Å²) in [6.07, 6.45) is -0.218. The van der Waals surface area contributed by atoms with E-state index in [0.29, 0.717) is 30.0 Å². The number of aliphatic hydroxyl groups excluding tert-OH is 1. The van der Waals surface area contributed by atoms with Gasteiger partial charge in [0.05, 0.1) is 24.5 Å². The number of rotatable bonds is 2. The zero-order valence-corrected chi connectivity index (χ0v) is 12.1. The predicted octanol–water partition coefficient (Wildman–Crippen LogP) is 2.92. The first-order valence-electron chi connectivity index (χ1n) is 7.04. The number of ether oxygens (including phenoxy) is 1. The summed E-state index contributed by atoms with van der Waals surface area (Å²) in [5.41, 5.74) is 1.23. The Bertz CT molecular complexity index is 717. The zero-order valence-electron chi connectivity index (χ0n) is 12.1. The van der Waals surface area contributed by atoms with Crippen molar-refractivity contribution in [1.29, 1.82) is 0 Å². The minimum Gasteiger partial charge on any atom is -0.497 e.